The first-order chi connectivity index (χ1) is 9.68. The Hall–Kier alpha value is -1.65. The molecule has 4 heteroatoms. The van der Waals surface area contributed by atoms with Gasteiger partial charge in [0.1, 0.15) is 0 Å². The van der Waals surface area contributed by atoms with Crippen molar-refractivity contribution in [3.05, 3.63) is 58.3 Å². The van der Waals surface area contributed by atoms with Crippen LogP contribution in [0.1, 0.15) is 36.5 Å². The van der Waals surface area contributed by atoms with Crippen LogP contribution in [0.2, 0.25) is 0 Å². The van der Waals surface area contributed by atoms with Gasteiger partial charge in [-0.2, -0.15) is 11.3 Å². The molecular weight excluding hydrogens is 270 g/mol. The number of amides is 1. The molecular formula is C16H19NO2S. The molecule has 0 fully saturated rings. The molecule has 0 saturated heterocycles. The van der Waals surface area contributed by atoms with E-state index >= 15 is 0 Å². The standard InChI is InChI=1S/C16H19NO2S/c1-12(14-8-10-20-11-14)16(19)17-9-7-15(18)13-5-3-2-4-6-13/h2-6,8,10-12,15,18H,7,9H2,1H3,(H,17,19). The largest absolute Gasteiger partial charge is 0.388 e. The van der Waals surface area contributed by atoms with E-state index in [2.05, 4.69) is 5.32 Å². The van der Waals surface area contributed by atoms with Crippen molar-refractivity contribution in [1.29, 1.82) is 0 Å². The van der Waals surface area contributed by atoms with Gasteiger partial charge in [-0.25, -0.2) is 0 Å². The van der Waals surface area contributed by atoms with Gasteiger partial charge in [-0.3, -0.25) is 4.79 Å². The summed E-state index contributed by atoms with van der Waals surface area (Å²) >= 11 is 1.59. The third kappa shape index (κ3) is 3.92. The topological polar surface area (TPSA) is 49.3 Å². The zero-order valence-corrected chi connectivity index (χ0v) is 12.3. The van der Waals surface area contributed by atoms with Crippen LogP contribution in [0.4, 0.5) is 0 Å². The second kappa shape index (κ2) is 7.22. The Bertz CT molecular complexity index is 525. The van der Waals surface area contributed by atoms with Crippen LogP contribution in [-0.4, -0.2) is 17.6 Å². The average molecular weight is 289 g/mol. The van der Waals surface area contributed by atoms with Crippen molar-refractivity contribution in [2.45, 2.75) is 25.4 Å². The molecule has 1 heterocycles. The van der Waals surface area contributed by atoms with Crippen LogP contribution in [0.5, 0.6) is 0 Å². The highest BCUT2D eigenvalue weighted by Gasteiger charge is 2.15. The molecule has 1 aromatic heterocycles. The highest BCUT2D eigenvalue weighted by atomic mass is 32.1. The first-order valence-electron chi connectivity index (χ1n) is 6.71. The molecule has 0 bridgehead atoms. The maximum Gasteiger partial charge on any atom is 0.227 e. The zero-order chi connectivity index (χ0) is 14.4. The first kappa shape index (κ1) is 14.8. The molecule has 0 aliphatic rings. The Morgan fingerprint density at radius 2 is 2.00 bits per heavy atom. The lowest BCUT2D eigenvalue weighted by Gasteiger charge is -2.14. The Kier molecular flexibility index (Phi) is 5.32. The highest BCUT2D eigenvalue weighted by Crippen LogP contribution is 2.19. The van der Waals surface area contributed by atoms with Gasteiger partial charge in [-0.05, 0) is 41.3 Å². The number of hydrogen-bond acceptors (Lipinski definition) is 3. The smallest absolute Gasteiger partial charge is 0.227 e. The van der Waals surface area contributed by atoms with Gasteiger partial charge >= 0.3 is 0 Å². The minimum atomic E-state index is -0.534. The second-order valence-corrected chi connectivity index (χ2v) is 5.56. The summed E-state index contributed by atoms with van der Waals surface area (Å²) in [5, 5.41) is 16.8. The van der Waals surface area contributed by atoms with Crippen molar-refractivity contribution < 1.29 is 9.90 Å². The quantitative estimate of drug-likeness (QED) is 0.858. The number of nitrogens with one attached hydrogen (secondary N) is 1. The number of carbonyl (C=O) groups excluding carboxylic acids is 1. The predicted octanol–water partition coefficient (Wildman–Crippen LogP) is 3.09. The van der Waals surface area contributed by atoms with E-state index in [1.165, 1.54) is 0 Å². The third-order valence-corrected chi connectivity index (χ3v) is 4.04. The number of rotatable bonds is 6. The molecule has 2 aromatic rings. The maximum atomic E-state index is 12.0. The lowest BCUT2D eigenvalue weighted by molar-refractivity contribution is -0.122. The number of hydrogen-bond donors (Lipinski definition) is 2. The van der Waals surface area contributed by atoms with Gasteiger partial charge in [0, 0.05) is 6.54 Å². The Balaban J connectivity index is 1.77. The molecule has 0 aliphatic carbocycles. The van der Waals surface area contributed by atoms with Gasteiger partial charge in [0.05, 0.1) is 12.0 Å². The molecule has 2 unspecified atom stereocenters. The molecule has 0 saturated carbocycles. The minimum absolute atomic E-state index is 0.00339. The molecule has 3 nitrogen and oxygen atoms in total. The van der Waals surface area contributed by atoms with Gasteiger partial charge in [-0.1, -0.05) is 30.3 Å². The van der Waals surface area contributed by atoms with E-state index in [-0.39, 0.29) is 11.8 Å². The SMILES string of the molecule is CC(C(=O)NCCC(O)c1ccccc1)c1ccsc1. The molecule has 20 heavy (non-hydrogen) atoms. The highest BCUT2D eigenvalue weighted by molar-refractivity contribution is 7.08. The normalized spacial score (nSPS) is 13.7. The Labute approximate surface area is 123 Å². The van der Waals surface area contributed by atoms with E-state index < -0.39 is 6.10 Å². The van der Waals surface area contributed by atoms with Gasteiger partial charge in [0.25, 0.3) is 0 Å². The van der Waals surface area contributed by atoms with Crippen LogP contribution in [0.15, 0.2) is 47.2 Å². The van der Waals surface area contributed by atoms with E-state index in [4.69, 9.17) is 0 Å². The van der Waals surface area contributed by atoms with Crippen LogP contribution in [0, 0.1) is 0 Å². The van der Waals surface area contributed by atoms with E-state index in [0.29, 0.717) is 13.0 Å². The summed E-state index contributed by atoms with van der Waals surface area (Å²) < 4.78 is 0. The summed E-state index contributed by atoms with van der Waals surface area (Å²) in [4.78, 5) is 12.0. The van der Waals surface area contributed by atoms with Crippen molar-refractivity contribution >= 4 is 17.2 Å². The molecule has 2 rings (SSSR count). The molecule has 0 radical (unpaired) electrons. The van der Waals surface area contributed by atoms with Gasteiger partial charge in [-0.15, -0.1) is 0 Å². The van der Waals surface area contributed by atoms with Gasteiger partial charge < -0.3 is 10.4 Å². The maximum absolute atomic E-state index is 12.0. The Morgan fingerprint density at radius 1 is 1.25 bits per heavy atom. The molecule has 2 N–H and O–H groups in total. The minimum Gasteiger partial charge on any atom is -0.388 e. The lowest BCUT2D eigenvalue weighted by Crippen LogP contribution is -2.29. The summed E-state index contributed by atoms with van der Waals surface area (Å²) in [7, 11) is 0. The summed E-state index contributed by atoms with van der Waals surface area (Å²) in [6.45, 7) is 2.37. The molecule has 0 spiro atoms. The molecule has 1 amide bonds. The van der Waals surface area contributed by atoms with Gasteiger partial charge in [0.2, 0.25) is 5.91 Å². The van der Waals surface area contributed by atoms with Crippen LogP contribution in [0.25, 0.3) is 0 Å². The van der Waals surface area contributed by atoms with Crippen LogP contribution >= 0.6 is 11.3 Å². The van der Waals surface area contributed by atoms with Crippen LogP contribution in [-0.2, 0) is 4.79 Å². The van der Waals surface area contributed by atoms with Crippen molar-refractivity contribution in [1.82, 2.24) is 5.32 Å². The number of thiophene rings is 1. The molecule has 2 atom stereocenters. The Morgan fingerprint density at radius 3 is 2.65 bits per heavy atom. The van der Waals surface area contributed by atoms with Crippen molar-refractivity contribution in [2.24, 2.45) is 0 Å². The van der Waals surface area contributed by atoms with Gasteiger partial charge in [0.15, 0.2) is 0 Å². The van der Waals surface area contributed by atoms with E-state index in [9.17, 15) is 9.90 Å². The number of aliphatic hydroxyl groups excluding tert-OH is 1. The second-order valence-electron chi connectivity index (χ2n) is 4.78. The van der Waals surface area contributed by atoms with Crippen molar-refractivity contribution in [2.75, 3.05) is 6.54 Å². The van der Waals surface area contributed by atoms with Crippen molar-refractivity contribution in [3.63, 3.8) is 0 Å². The summed E-state index contributed by atoms with van der Waals surface area (Å²) in [5.74, 6) is -0.140. The predicted molar refractivity (Wildman–Crippen MR) is 81.8 cm³/mol. The van der Waals surface area contributed by atoms with Crippen molar-refractivity contribution in [3.8, 4) is 0 Å². The average Bonchev–Trinajstić information content (AvgIpc) is 3.01. The zero-order valence-electron chi connectivity index (χ0n) is 11.5. The summed E-state index contributed by atoms with van der Waals surface area (Å²) in [6.07, 6.45) is -0.0144. The number of carbonyl (C=O) groups is 1. The third-order valence-electron chi connectivity index (χ3n) is 3.34. The van der Waals surface area contributed by atoms with Crippen LogP contribution in [0.3, 0.4) is 0 Å². The van der Waals surface area contributed by atoms with E-state index in [1.807, 2.05) is 54.1 Å². The summed E-state index contributed by atoms with van der Waals surface area (Å²) in [6, 6.07) is 11.5. The fourth-order valence-corrected chi connectivity index (χ4v) is 2.75. The molecule has 0 aliphatic heterocycles. The number of aliphatic hydroxyl groups is 1. The lowest BCUT2D eigenvalue weighted by atomic mass is 10.0. The monoisotopic (exact) mass is 289 g/mol. The molecule has 1 aromatic carbocycles. The number of benzene rings is 1. The fourth-order valence-electron chi connectivity index (χ4n) is 2.00. The molecule has 106 valence electrons. The van der Waals surface area contributed by atoms with Crippen LogP contribution < -0.4 is 5.32 Å². The first-order valence-corrected chi connectivity index (χ1v) is 7.65. The van der Waals surface area contributed by atoms with E-state index in [0.717, 1.165) is 11.1 Å². The fraction of sp³-hybridized carbons (Fsp3) is 0.312. The summed E-state index contributed by atoms with van der Waals surface area (Å²) in [5.41, 5.74) is 1.92. The van der Waals surface area contributed by atoms with E-state index in [1.54, 1.807) is 11.3 Å².